The monoisotopic (exact) mass is 289 g/mol. The molecule has 1 atom stereocenters. The zero-order valence-corrected chi connectivity index (χ0v) is 14.2. The van der Waals surface area contributed by atoms with Gasteiger partial charge in [0.2, 0.25) is 0 Å². The second kappa shape index (κ2) is 7.79. The van der Waals surface area contributed by atoms with Crippen molar-refractivity contribution in [2.24, 2.45) is 5.92 Å². The van der Waals surface area contributed by atoms with Crippen molar-refractivity contribution in [1.29, 1.82) is 0 Å². The summed E-state index contributed by atoms with van der Waals surface area (Å²) in [5, 5.41) is 0. The van der Waals surface area contributed by atoms with Crippen LogP contribution in [0.3, 0.4) is 0 Å². The molecule has 3 nitrogen and oxygen atoms in total. The fourth-order valence-electron chi connectivity index (χ4n) is 3.39. The first-order chi connectivity index (χ1) is 10.2. The number of hydrogen-bond acceptors (Lipinski definition) is 3. The van der Waals surface area contributed by atoms with Crippen molar-refractivity contribution in [2.75, 3.05) is 31.1 Å². The SMILES string of the molecule is CCN(CC)c1ccc([C@H]2CCCCN2CC(C)C)cn1. The average molecular weight is 289 g/mol. The lowest BCUT2D eigenvalue weighted by Crippen LogP contribution is -2.36. The van der Waals surface area contributed by atoms with E-state index in [1.165, 1.54) is 37.9 Å². The van der Waals surface area contributed by atoms with E-state index >= 15 is 0 Å². The van der Waals surface area contributed by atoms with Crippen molar-refractivity contribution in [3.05, 3.63) is 23.9 Å². The highest BCUT2D eigenvalue weighted by Gasteiger charge is 2.24. The molecule has 0 saturated carbocycles. The lowest BCUT2D eigenvalue weighted by atomic mass is 9.95. The summed E-state index contributed by atoms with van der Waals surface area (Å²) in [6.07, 6.45) is 6.07. The van der Waals surface area contributed by atoms with Crippen LogP contribution in [-0.2, 0) is 0 Å². The van der Waals surface area contributed by atoms with E-state index < -0.39 is 0 Å². The minimum Gasteiger partial charge on any atom is -0.357 e. The van der Waals surface area contributed by atoms with Gasteiger partial charge in [-0.25, -0.2) is 4.98 Å². The number of pyridine rings is 1. The van der Waals surface area contributed by atoms with Crippen molar-refractivity contribution >= 4 is 5.82 Å². The van der Waals surface area contributed by atoms with E-state index in [0.717, 1.165) is 24.8 Å². The van der Waals surface area contributed by atoms with Crippen LogP contribution in [0.4, 0.5) is 5.82 Å². The number of rotatable bonds is 6. The quantitative estimate of drug-likeness (QED) is 0.785. The number of aromatic nitrogens is 1. The Bertz CT molecular complexity index is 409. The molecule has 0 bridgehead atoms. The molecular weight excluding hydrogens is 258 g/mol. The van der Waals surface area contributed by atoms with E-state index in [0.29, 0.717) is 6.04 Å². The van der Waals surface area contributed by atoms with E-state index in [1.807, 2.05) is 0 Å². The number of likely N-dealkylation sites (tertiary alicyclic amines) is 1. The fraction of sp³-hybridized carbons (Fsp3) is 0.722. The number of hydrogen-bond donors (Lipinski definition) is 0. The largest absolute Gasteiger partial charge is 0.357 e. The fourth-order valence-corrected chi connectivity index (χ4v) is 3.39. The molecule has 118 valence electrons. The van der Waals surface area contributed by atoms with Gasteiger partial charge in [-0.05, 0) is 50.8 Å². The minimum absolute atomic E-state index is 0.569. The molecular formula is C18H31N3. The van der Waals surface area contributed by atoms with Crippen molar-refractivity contribution in [2.45, 2.75) is 53.0 Å². The Labute approximate surface area is 130 Å². The molecule has 0 aliphatic carbocycles. The summed E-state index contributed by atoms with van der Waals surface area (Å²) in [5.41, 5.74) is 1.39. The maximum atomic E-state index is 4.71. The summed E-state index contributed by atoms with van der Waals surface area (Å²) in [6.45, 7) is 13.5. The predicted octanol–water partition coefficient (Wildman–Crippen LogP) is 4.11. The van der Waals surface area contributed by atoms with Crippen molar-refractivity contribution in [1.82, 2.24) is 9.88 Å². The first kappa shape index (κ1) is 16.3. The van der Waals surface area contributed by atoms with Crippen molar-refractivity contribution in [3.8, 4) is 0 Å². The molecule has 0 spiro atoms. The maximum Gasteiger partial charge on any atom is 0.128 e. The van der Waals surface area contributed by atoms with Crippen LogP contribution < -0.4 is 4.90 Å². The Morgan fingerprint density at radius 1 is 1.24 bits per heavy atom. The Hall–Kier alpha value is -1.09. The van der Waals surface area contributed by atoms with E-state index in [4.69, 9.17) is 4.98 Å². The van der Waals surface area contributed by atoms with Crippen molar-refractivity contribution in [3.63, 3.8) is 0 Å². The van der Waals surface area contributed by atoms with Gasteiger partial charge in [0.1, 0.15) is 5.82 Å². The Kier molecular flexibility index (Phi) is 6.04. The minimum atomic E-state index is 0.569. The molecule has 0 unspecified atom stereocenters. The van der Waals surface area contributed by atoms with Gasteiger partial charge in [-0.15, -0.1) is 0 Å². The molecule has 1 aromatic heterocycles. The van der Waals surface area contributed by atoms with Crippen molar-refractivity contribution < 1.29 is 0 Å². The van der Waals surface area contributed by atoms with Gasteiger partial charge in [0.15, 0.2) is 0 Å². The third-order valence-electron chi connectivity index (χ3n) is 4.46. The normalized spacial score (nSPS) is 20.0. The summed E-state index contributed by atoms with van der Waals surface area (Å²) in [6, 6.07) is 5.06. The summed E-state index contributed by atoms with van der Waals surface area (Å²) >= 11 is 0. The summed E-state index contributed by atoms with van der Waals surface area (Å²) in [5.74, 6) is 1.84. The smallest absolute Gasteiger partial charge is 0.128 e. The molecule has 0 N–H and O–H groups in total. The van der Waals surface area contributed by atoms with E-state index in [-0.39, 0.29) is 0 Å². The summed E-state index contributed by atoms with van der Waals surface area (Å²) in [4.78, 5) is 9.67. The highest BCUT2D eigenvalue weighted by atomic mass is 15.2. The molecule has 1 fully saturated rings. The lowest BCUT2D eigenvalue weighted by Gasteiger charge is -2.37. The van der Waals surface area contributed by atoms with Gasteiger partial charge in [0.05, 0.1) is 0 Å². The maximum absolute atomic E-state index is 4.71. The molecule has 21 heavy (non-hydrogen) atoms. The molecule has 0 aromatic carbocycles. The molecule has 2 rings (SSSR count). The standard InChI is InChI=1S/C18H31N3/c1-5-20(6-2)18-11-10-16(13-19-18)17-9-7-8-12-21(17)14-15(3)4/h10-11,13,15,17H,5-9,12,14H2,1-4H3/t17-/m1/s1. The average Bonchev–Trinajstić information content (AvgIpc) is 2.49. The first-order valence-electron chi connectivity index (χ1n) is 8.60. The number of nitrogens with zero attached hydrogens (tertiary/aromatic N) is 3. The third kappa shape index (κ3) is 4.19. The van der Waals surface area contributed by atoms with E-state index in [1.54, 1.807) is 0 Å². The third-order valence-corrected chi connectivity index (χ3v) is 4.46. The molecule has 3 heteroatoms. The molecule has 1 aliphatic rings. The van der Waals surface area contributed by atoms with E-state index in [2.05, 4.69) is 55.8 Å². The van der Waals surface area contributed by atoms with Gasteiger partial charge in [0.25, 0.3) is 0 Å². The molecule has 1 saturated heterocycles. The Balaban J connectivity index is 2.11. The molecule has 1 aromatic rings. The van der Waals surface area contributed by atoms with Gasteiger partial charge in [-0.3, -0.25) is 4.90 Å². The molecule has 0 radical (unpaired) electrons. The second-order valence-corrected chi connectivity index (χ2v) is 6.52. The van der Waals surface area contributed by atoms with Crippen LogP contribution in [0.5, 0.6) is 0 Å². The summed E-state index contributed by atoms with van der Waals surface area (Å²) < 4.78 is 0. The molecule has 2 heterocycles. The predicted molar refractivity (Wildman–Crippen MR) is 90.8 cm³/mol. The highest BCUT2D eigenvalue weighted by molar-refractivity contribution is 5.39. The zero-order valence-electron chi connectivity index (χ0n) is 14.2. The van der Waals surface area contributed by atoms with Gasteiger partial charge in [-0.1, -0.05) is 26.3 Å². The van der Waals surface area contributed by atoms with Crippen LogP contribution >= 0.6 is 0 Å². The van der Waals surface area contributed by atoms with Crippen LogP contribution in [0.25, 0.3) is 0 Å². The van der Waals surface area contributed by atoms with Crippen LogP contribution in [0.1, 0.15) is 58.6 Å². The van der Waals surface area contributed by atoms with Crippen LogP contribution in [-0.4, -0.2) is 36.1 Å². The highest BCUT2D eigenvalue weighted by Crippen LogP contribution is 2.31. The van der Waals surface area contributed by atoms with Gasteiger partial charge < -0.3 is 4.90 Å². The second-order valence-electron chi connectivity index (χ2n) is 6.52. The topological polar surface area (TPSA) is 19.4 Å². The van der Waals surface area contributed by atoms with Crippen LogP contribution in [0.2, 0.25) is 0 Å². The lowest BCUT2D eigenvalue weighted by molar-refractivity contribution is 0.132. The van der Waals surface area contributed by atoms with Crippen LogP contribution in [0.15, 0.2) is 18.3 Å². The zero-order chi connectivity index (χ0) is 15.2. The van der Waals surface area contributed by atoms with E-state index in [9.17, 15) is 0 Å². The number of piperidine rings is 1. The van der Waals surface area contributed by atoms with Gasteiger partial charge in [0, 0.05) is 31.9 Å². The first-order valence-corrected chi connectivity index (χ1v) is 8.60. The summed E-state index contributed by atoms with van der Waals surface area (Å²) in [7, 11) is 0. The van der Waals surface area contributed by atoms with Crippen LogP contribution in [0, 0.1) is 5.92 Å². The number of anilines is 1. The van der Waals surface area contributed by atoms with Gasteiger partial charge >= 0.3 is 0 Å². The molecule has 0 amide bonds. The molecule has 1 aliphatic heterocycles. The Morgan fingerprint density at radius 2 is 2.00 bits per heavy atom. The Morgan fingerprint density at radius 3 is 2.57 bits per heavy atom. The van der Waals surface area contributed by atoms with Gasteiger partial charge in [-0.2, -0.15) is 0 Å².